The molecule has 0 saturated carbocycles. The number of aromatic nitrogens is 1. The van der Waals surface area contributed by atoms with Crippen molar-refractivity contribution < 1.29 is 9.53 Å². The van der Waals surface area contributed by atoms with Crippen LogP contribution in [-0.4, -0.2) is 28.9 Å². The van der Waals surface area contributed by atoms with E-state index in [1.807, 2.05) is 48.5 Å². The number of amides is 1. The minimum absolute atomic E-state index is 0.0936. The van der Waals surface area contributed by atoms with Gasteiger partial charge in [-0.15, -0.1) is 11.3 Å². The fourth-order valence-electron chi connectivity index (χ4n) is 3.10. The zero-order valence-electron chi connectivity index (χ0n) is 13.6. The highest BCUT2D eigenvalue weighted by Gasteiger charge is 2.30. The van der Waals surface area contributed by atoms with Gasteiger partial charge in [0.2, 0.25) is 0 Å². The second-order valence-corrected chi connectivity index (χ2v) is 6.72. The van der Waals surface area contributed by atoms with E-state index in [1.54, 1.807) is 11.3 Å². The highest BCUT2D eigenvalue weighted by molar-refractivity contribution is 7.09. The Hall–Kier alpha value is -1.88. The number of thiazole rings is 1. The third kappa shape index (κ3) is 3.39. The van der Waals surface area contributed by atoms with Crippen LogP contribution in [0, 0.1) is 6.92 Å². The number of piperidine rings is 1. The van der Waals surface area contributed by atoms with Crippen LogP contribution in [0.5, 0.6) is 5.75 Å². The Morgan fingerprint density at radius 1 is 1.43 bits per heavy atom. The van der Waals surface area contributed by atoms with Gasteiger partial charge in [-0.3, -0.25) is 4.79 Å². The lowest BCUT2D eigenvalue weighted by atomic mass is 10.0. The molecule has 5 heteroatoms. The van der Waals surface area contributed by atoms with Gasteiger partial charge < -0.3 is 9.64 Å². The van der Waals surface area contributed by atoms with Crippen LogP contribution >= 0.6 is 11.3 Å². The second kappa shape index (κ2) is 7.13. The Balaban J connectivity index is 1.84. The van der Waals surface area contributed by atoms with Crippen LogP contribution in [0.3, 0.4) is 0 Å². The van der Waals surface area contributed by atoms with Crippen LogP contribution in [0.2, 0.25) is 0 Å². The molecule has 0 radical (unpaired) electrons. The largest absolute Gasteiger partial charge is 0.494 e. The van der Waals surface area contributed by atoms with E-state index in [0.717, 1.165) is 47.7 Å². The van der Waals surface area contributed by atoms with Crippen molar-refractivity contribution in [1.29, 1.82) is 0 Å². The van der Waals surface area contributed by atoms with E-state index in [-0.39, 0.29) is 11.9 Å². The normalized spacial score (nSPS) is 18.0. The number of hydrogen-bond donors (Lipinski definition) is 0. The number of carbonyl (C=O) groups excluding carboxylic acids is 1. The van der Waals surface area contributed by atoms with Crippen LogP contribution in [-0.2, 0) is 0 Å². The molecule has 1 aliphatic heterocycles. The quantitative estimate of drug-likeness (QED) is 0.843. The summed E-state index contributed by atoms with van der Waals surface area (Å²) in [5.74, 6) is 0.940. The number of rotatable bonds is 4. The maximum absolute atomic E-state index is 13.0. The summed E-state index contributed by atoms with van der Waals surface area (Å²) in [6.45, 7) is 5.38. The molecule has 1 unspecified atom stereocenters. The first kappa shape index (κ1) is 16.0. The molecule has 0 aliphatic carbocycles. The van der Waals surface area contributed by atoms with Crippen LogP contribution in [0.4, 0.5) is 0 Å². The van der Waals surface area contributed by atoms with E-state index >= 15 is 0 Å². The summed E-state index contributed by atoms with van der Waals surface area (Å²) in [6.07, 6.45) is 5.02. The Bertz CT molecular complexity index is 670. The summed E-state index contributed by atoms with van der Waals surface area (Å²) in [5, 5.41) is 3.02. The van der Waals surface area contributed by atoms with Gasteiger partial charge in [0.15, 0.2) is 0 Å². The predicted octanol–water partition coefficient (Wildman–Crippen LogP) is 4.22. The molecule has 3 rings (SSSR count). The molecule has 1 saturated heterocycles. The summed E-state index contributed by atoms with van der Waals surface area (Å²) in [4.78, 5) is 19.4. The van der Waals surface area contributed by atoms with Crippen LogP contribution in [0.15, 0.2) is 29.8 Å². The topological polar surface area (TPSA) is 42.4 Å². The molecule has 0 N–H and O–H groups in total. The van der Waals surface area contributed by atoms with Gasteiger partial charge in [0.25, 0.3) is 5.91 Å². The summed E-state index contributed by atoms with van der Waals surface area (Å²) in [6, 6.07) is 5.81. The van der Waals surface area contributed by atoms with E-state index in [0.29, 0.717) is 6.61 Å². The predicted molar refractivity (Wildman–Crippen MR) is 92.1 cm³/mol. The van der Waals surface area contributed by atoms with Gasteiger partial charge in [0, 0.05) is 23.7 Å². The fourth-order valence-corrected chi connectivity index (χ4v) is 3.88. The van der Waals surface area contributed by atoms with Crippen molar-refractivity contribution in [1.82, 2.24) is 9.88 Å². The lowest BCUT2D eigenvalue weighted by molar-refractivity contribution is 0.0611. The van der Waals surface area contributed by atoms with E-state index < -0.39 is 0 Å². The first-order chi connectivity index (χ1) is 11.2. The van der Waals surface area contributed by atoms with Crippen molar-refractivity contribution in [3.8, 4) is 5.75 Å². The van der Waals surface area contributed by atoms with Crippen molar-refractivity contribution in [2.75, 3.05) is 13.2 Å². The van der Waals surface area contributed by atoms with Gasteiger partial charge in [0.05, 0.1) is 12.6 Å². The van der Waals surface area contributed by atoms with E-state index in [1.165, 1.54) is 0 Å². The molecule has 122 valence electrons. The standard InChI is InChI=1S/C18H22N2O2S/c1-3-22-16-8-7-14(12-13(16)2)18(21)20-10-5-4-6-15(20)17-19-9-11-23-17/h7-9,11-12,15H,3-6,10H2,1-2H3. The molecular weight excluding hydrogens is 308 g/mol. The van der Waals surface area contributed by atoms with Crippen LogP contribution in [0.1, 0.15) is 53.2 Å². The Morgan fingerprint density at radius 2 is 2.30 bits per heavy atom. The van der Waals surface area contributed by atoms with Crippen molar-refractivity contribution >= 4 is 17.2 Å². The number of aryl methyl sites for hydroxylation is 1. The van der Waals surface area contributed by atoms with Gasteiger partial charge in [-0.1, -0.05) is 0 Å². The SMILES string of the molecule is CCOc1ccc(C(=O)N2CCCCC2c2nccs2)cc1C. The maximum atomic E-state index is 13.0. The number of hydrogen-bond acceptors (Lipinski definition) is 4. The van der Waals surface area contributed by atoms with Gasteiger partial charge in [-0.2, -0.15) is 0 Å². The van der Waals surface area contributed by atoms with Gasteiger partial charge in [0.1, 0.15) is 10.8 Å². The summed E-state index contributed by atoms with van der Waals surface area (Å²) in [7, 11) is 0. The molecule has 23 heavy (non-hydrogen) atoms. The molecular formula is C18H22N2O2S. The zero-order chi connectivity index (χ0) is 16.2. The van der Waals surface area contributed by atoms with Crippen molar-refractivity contribution in [3.05, 3.63) is 45.9 Å². The molecule has 1 aromatic heterocycles. The molecule has 1 aromatic carbocycles. The number of likely N-dealkylation sites (tertiary alicyclic amines) is 1. The summed E-state index contributed by atoms with van der Waals surface area (Å²) < 4.78 is 5.56. The first-order valence-corrected chi connectivity index (χ1v) is 9.02. The molecule has 0 spiro atoms. The minimum atomic E-state index is 0.0936. The molecule has 0 bridgehead atoms. The van der Waals surface area contributed by atoms with Crippen molar-refractivity contribution in [2.45, 2.75) is 39.2 Å². The molecule has 2 heterocycles. The average Bonchev–Trinajstić information content (AvgIpc) is 3.10. The molecule has 2 aromatic rings. The summed E-state index contributed by atoms with van der Waals surface area (Å²) >= 11 is 1.63. The van der Waals surface area contributed by atoms with Gasteiger partial charge in [-0.05, 0) is 56.9 Å². The third-order valence-corrected chi connectivity index (χ3v) is 5.10. The van der Waals surface area contributed by atoms with Crippen molar-refractivity contribution in [2.24, 2.45) is 0 Å². The van der Waals surface area contributed by atoms with E-state index in [4.69, 9.17) is 4.74 Å². The van der Waals surface area contributed by atoms with Crippen molar-refractivity contribution in [3.63, 3.8) is 0 Å². The number of ether oxygens (including phenoxy) is 1. The second-order valence-electron chi connectivity index (χ2n) is 5.79. The Labute approximate surface area is 141 Å². The van der Waals surface area contributed by atoms with E-state index in [9.17, 15) is 4.79 Å². The monoisotopic (exact) mass is 330 g/mol. The lowest BCUT2D eigenvalue weighted by Crippen LogP contribution is -2.38. The highest BCUT2D eigenvalue weighted by Crippen LogP contribution is 2.33. The maximum Gasteiger partial charge on any atom is 0.254 e. The van der Waals surface area contributed by atoms with Gasteiger partial charge >= 0.3 is 0 Å². The number of benzene rings is 1. The summed E-state index contributed by atoms with van der Waals surface area (Å²) in [5.41, 5.74) is 1.73. The Morgan fingerprint density at radius 3 is 3.00 bits per heavy atom. The van der Waals surface area contributed by atoms with Crippen LogP contribution < -0.4 is 4.74 Å². The lowest BCUT2D eigenvalue weighted by Gasteiger charge is -2.34. The van der Waals surface area contributed by atoms with Crippen LogP contribution in [0.25, 0.3) is 0 Å². The van der Waals surface area contributed by atoms with E-state index in [2.05, 4.69) is 4.98 Å². The molecule has 1 amide bonds. The molecule has 4 nitrogen and oxygen atoms in total. The highest BCUT2D eigenvalue weighted by atomic mass is 32.1. The first-order valence-electron chi connectivity index (χ1n) is 8.14. The zero-order valence-corrected chi connectivity index (χ0v) is 14.4. The number of nitrogens with zero attached hydrogens (tertiary/aromatic N) is 2. The minimum Gasteiger partial charge on any atom is -0.494 e. The Kier molecular flexibility index (Phi) is 4.96. The fraction of sp³-hybridized carbons (Fsp3) is 0.444. The van der Waals surface area contributed by atoms with Gasteiger partial charge in [-0.25, -0.2) is 4.98 Å². The average molecular weight is 330 g/mol. The number of carbonyl (C=O) groups is 1. The molecule has 1 atom stereocenters. The third-order valence-electron chi connectivity index (χ3n) is 4.22. The smallest absolute Gasteiger partial charge is 0.254 e. The molecule has 1 fully saturated rings. The molecule has 1 aliphatic rings.